The molecule has 5 nitrogen and oxygen atoms in total. The van der Waals surface area contributed by atoms with Gasteiger partial charge in [-0.25, -0.2) is 8.78 Å². The molecule has 0 bridgehead atoms. The molecular formula is C21H29F2IN4O. The fourth-order valence-corrected chi connectivity index (χ4v) is 5.84. The summed E-state index contributed by atoms with van der Waals surface area (Å²) in [5, 5.41) is 7.14. The number of nitrogens with zero attached hydrogens (tertiary/aromatic N) is 2. The van der Waals surface area contributed by atoms with Gasteiger partial charge in [-0.15, -0.1) is 24.0 Å². The molecular weight excluding hydrogens is 489 g/mol. The molecule has 4 unspecified atom stereocenters. The summed E-state index contributed by atoms with van der Waals surface area (Å²) in [5.74, 6) is 0.363. The van der Waals surface area contributed by atoms with Crippen LogP contribution in [0.15, 0.2) is 23.2 Å². The molecule has 160 valence electrons. The van der Waals surface area contributed by atoms with Gasteiger partial charge in [0.25, 0.3) is 0 Å². The molecule has 2 heterocycles. The normalized spacial score (nSPS) is 32.2. The summed E-state index contributed by atoms with van der Waals surface area (Å²) in [7, 11) is 1.79. The van der Waals surface area contributed by atoms with Crippen molar-refractivity contribution in [1.29, 1.82) is 0 Å². The van der Waals surface area contributed by atoms with Gasteiger partial charge in [0.1, 0.15) is 17.3 Å². The predicted octanol–water partition coefficient (Wildman–Crippen LogP) is 3.28. The highest BCUT2D eigenvalue weighted by molar-refractivity contribution is 14.0. The van der Waals surface area contributed by atoms with Crippen LogP contribution in [0.1, 0.15) is 32.1 Å². The zero-order valence-corrected chi connectivity index (χ0v) is 19.0. The van der Waals surface area contributed by atoms with Crippen molar-refractivity contribution in [2.75, 3.05) is 31.6 Å². The second-order valence-corrected chi connectivity index (χ2v) is 8.67. The van der Waals surface area contributed by atoms with Crippen LogP contribution in [0.25, 0.3) is 0 Å². The van der Waals surface area contributed by atoms with E-state index in [4.69, 9.17) is 4.74 Å². The standard InChI is InChI=1S/C21H28F2N4O.HI/c1-24-20(26-18-14-7-11-28-19(14)21(18)8-3-9-21)25-13-6-10-27(12-13)17-15(22)4-2-5-16(17)23;/h2,4-5,13-14,18-19H,3,6-12H2,1H3,(H2,24,25,26);1H. The Kier molecular flexibility index (Phi) is 5.94. The number of hydrogen-bond donors (Lipinski definition) is 2. The Bertz CT molecular complexity index is 768. The first-order valence-electron chi connectivity index (χ1n) is 10.4. The van der Waals surface area contributed by atoms with Crippen LogP contribution in [-0.4, -0.2) is 50.9 Å². The van der Waals surface area contributed by atoms with Crippen molar-refractivity contribution in [3.63, 3.8) is 0 Å². The maximum atomic E-state index is 14.1. The number of guanidine groups is 1. The fraction of sp³-hybridized carbons (Fsp3) is 0.667. The third-order valence-electron chi connectivity index (χ3n) is 7.33. The van der Waals surface area contributed by atoms with Gasteiger partial charge in [0.2, 0.25) is 0 Å². The van der Waals surface area contributed by atoms with E-state index in [-0.39, 0.29) is 41.1 Å². The summed E-state index contributed by atoms with van der Waals surface area (Å²) in [6, 6.07) is 4.56. The minimum Gasteiger partial charge on any atom is -0.377 e. The SMILES string of the molecule is CN=C(NC1CCN(c2c(F)cccc2F)C1)NC1C2CCOC2C12CCC2.I. The first-order valence-corrected chi connectivity index (χ1v) is 10.4. The fourth-order valence-electron chi connectivity index (χ4n) is 5.84. The molecule has 29 heavy (non-hydrogen) atoms. The Balaban J connectivity index is 0.00000205. The zero-order valence-electron chi connectivity index (χ0n) is 16.7. The number of rotatable bonds is 3. The Labute approximate surface area is 187 Å². The van der Waals surface area contributed by atoms with Crippen LogP contribution in [0.3, 0.4) is 0 Å². The van der Waals surface area contributed by atoms with Gasteiger partial charge >= 0.3 is 0 Å². The largest absolute Gasteiger partial charge is 0.377 e. The highest BCUT2D eigenvalue weighted by Crippen LogP contribution is 2.62. The number of anilines is 1. The lowest BCUT2D eigenvalue weighted by atomic mass is 9.46. The van der Waals surface area contributed by atoms with E-state index in [0.29, 0.717) is 31.2 Å². The van der Waals surface area contributed by atoms with Gasteiger partial charge in [-0.1, -0.05) is 12.5 Å². The molecule has 4 atom stereocenters. The van der Waals surface area contributed by atoms with Crippen LogP contribution >= 0.6 is 24.0 Å². The number of fused-ring (bicyclic) bond motifs is 2. The summed E-state index contributed by atoms with van der Waals surface area (Å²) in [6.45, 7) is 2.05. The molecule has 8 heteroatoms. The molecule has 1 aromatic rings. The molecule has 2 N–H and O–H groups in total. The van der Waals surface area contributed by atoms with Crippen LogP contribution in [0, 0.1) is 23.0 Å². The quantitative estimate of drug-likeness (QED) is 0.367. The van der Waals surface area contributed by atoms with Crippen LogP contribution in [0.4, 0.5) is 14.5 Å². The Morgan fingerprint density at radius 1 is 1.21 bits per heavy atom. The number of para-hydroxylation sites is 1. The number of benzene rings is 1. The summed E-state index contributed by atoms with van der Waals surface area (Å²) in [5.41, 5.74) is 0.365. The third-order valence-corrected chi connectivity index (χ3v) is 7.33. The maximum absolute atomic E-state index is 14.1. The molecule has 2 saturated heterocycles. The van der Waals surface area contributed by atoms with Gasteiger partial charge < -0.3 is 20.3 Å². The monoisotopic (exact) mass is 518 g/mol. The van der Waals surface area contributed by atoms with Gasteiger partial charge in [-0.2, -0.15) is 0 Å². The van der Waals surface area contributed by atoms with Crippen molar-refractivity contribution >= 4 is 35.6 Å². The maximum Gasteiger partial charge on any atom is 0.191 e. The van der Waals surface area contributed by atoms with Gasteiger partial charge in [-0.3, -0.25) is 4.99 Å². The third kappa shape index (κ3) is 3.40. The molecule has 1 aromatic carbocycles. The molecule has 0 amide bonds. The molecule has 2 saturated carbocycles. The van der Waals surface area contributed by atoms with E-state index in [9.17, 15) is 8.78 Å². The number of nitrogens with one attached hydrogen (secondary N) is 2. The summed E-state index contributed by atoms with van der Waals surface area (Å²) < 4.78 is 34.2. The van der Waals surface area contributed by atoms with E-state index in [2.05, 4.69) is 15.6 Å². The van der Waals surface area contributed by atoms with Gasteiger partial charge in [0, 0.05) is 50.2 Å². The Morgan fingerprint density at radius 3 is 2.62 bits per heavy atom. The number of hydrogen-bond acceptors (Lipinski definition) is 3. The van der Waals surface area contributed by atoms with Gasteiger partial charge in [-0.05, 0) is 37.8 Å². The molecule has 4 aliphatic rings. The topological polar surface area (TPSA) is 48.9 Å². The summed E-state index contributed by atoms with van der Waals surface area (Å²) >= 11 is 0. The van der Waals surface area contributed by atoms with E-state index < -0.39 is 11.6 Å². The van der Waals surface area contributed by atoms with Crippen molar-refractivity contribution < 1.29 is 13.5 Å². The summed E-state index contributed by atoms with van der Waals surface area (Å²) in [6.07, 6.45) is 6.09. The summed E-state index contributed by atoms with van der Waals surface area (Å²) in [4.78, 5) is 6.22. The lowest BCUT2D eigenvalue weighted by molar-refractivity contribution is -0.171. The van der Waals surface area contributed by atoms with Crippen molar-refractivity contribution in [2.24, 2.45) is 16.3 Å². The second-order valence-electron chi connectivity index (χ2n) is 8.67. The highest BCUT2D eigenvalue weighted by Gasteiger charge is 2.66. The zero-order chi connectivity index (χ0) is 19.3. The number of ether oxygens (including phenoxy) is 1. The minimum atomic E-state index is -0.503. The van der Waals surface area contributed by atoms with Crippen molar-refractivity contribution in [2.45, 2.75) is 50.3 Å². The smallest absolute Gasteiger partial charge is 0.191 e. The predicted molar refractivity (Wildman–Crippen MR) is 120 cm³/mol. The van der Waals surface area contributed by atoms with Crippen molar-refractivity contribution in [3.8, 4) is 0 Å². The second kappa shape index (κ2) is 8.17. The average Bonchev–Trinajstić information content (AvgIpc) is 3.25. The minimum absolute atomic E-state index is 0. The molecule has 1 spiro atoms. The van der Waals surface area contributed by atoms with Crippen LogP contribution in [-0.2, 0) is 4.74 Å². The molecule has 5 rings (SSSR count). The van der Waals surface area contributed by atoms with Crippen molar-refractivity contribution in [1.82, 2.24) is 10.6 Å². The van der Waals surface area contributed by atoms with Gasteiger partial charge in [0.05, 0.1) is 6.10 Å². The van der Waals surface area contributed by atoms with E-state index >= 15 is 0 Å². The lowest BCUT2D eigenvalue weighted by Gasteiger charge is -2.63. The van der Waals surface area contributed by atoms with E-state index in [1.54, 1.807) is 11.9 Å². The van der Waals surface area contributed by atoms with Gasteiger partial charge in [0.15, 0.2) is 5.96 Å². The molecule has 2 aliphatic heterocycles. The van der Waals surface area contributed by atoms with E-state index in [1.807, 2.05) is 0 Å². The first-order chi connectivity index (χ1) is 13.6. The lowest BCUT2D eigenvalue weighted by Crippen LogP contribution is -2.72. The molecule has 0 radical (unpaired) electrons. The van der Waals surface area contributed by atoms with Crippen LogP contribution in [0.2, 0.25) is 0 Å². The molecule has 0 aromatic heterocycles. The Morgan fingerprint density at radius 2 is 1.97 bits per heavy atom. The van der Waals surface area contributed by atoms with Crippen molar-refractivity contribution in [3.05, 3.63) is 29.8 Å². The van der Waals surface area contributed by atoms with Crippen LogP contribution in [0.5, 0.6) is 0 Å². The first kappa shape index (κ1) is 21.1. The molecule has 4 fully saturated rings. The number of aliphatic imine (C=N–C) groups is 1. The Hall–Kier alpha value is -1.16. The highest BCUT2D eigenvalue weighted by atomic mass is 127. The number of halogens is 3. The van der Waals surface area contributed by atoms with E-state index in [1.165, 1.54) is 37.5 Å². The molecule has 2 aliphatic carbocycles. The van der Waals surface area contributed by atoms with E-state index in [0.717, 1.165) is 25.4 Å². The average molecular weight is 518 g/mol. The van der Waals surface area contributed by atoms with Crippen LogP contribution < -0.4 is 15.5 Å².